The highest BCUT2D eigenvalue weighted by Gasteiger charge is 1.97. The van der Waals surface area contributed by atoms with Crippen LogP contribution in [0.3, 0.4) is 0 Å². The molecule has 0 aliphatic heterocycles. The molecule has 0 N–H and O–H groups in total. The van der Waals surface area contributed by atoms with Crippen LogP contribution in [-0.4, -0.2) is 17.1 Å². The van der Waals surface area contributed by atoms with Gasteiger partial charge >= 0.3 is 0 Å². The lowest BCUT2D eigenvalue weighted by Gasteiger charge is -2.00. The molecular formula is C13H12N2O. The summed E-state index contributed by atoms with van der Waals surface area (Å²) in [5.41, 5.74) is 3.03. The maximum absolute atomic E-state index is 4.86. The topological polar surface area (TPSA) is 35.0 Å². The Hall–Kier alpha value is -2.16. The molecule has 3 heteroatoms. The molecular weight excluding hydrogens is 200 g/mol. The van der Waals surface area contributed by atoms with Crippen molar-refractivity contribution in [3.05, 3.63) is 54.7 Å². The number of hydrogen-bond acceptors (Lipinski definition) is 3. The molecule has 16 heavy (non-hydrogen) atoms. The van der Waals surface area contributed by atoms with Crippen molar-refractivity contribution in [2.24, 2.45) is 0 Å². The fourth-order valence-electron chi connectivity index (χ4n) is 1.36. The summed E-state index contributed by atoms with van der Waals surface area (Å²) in [7, 11) is 1.63. The van der Waals surface area contributed by atoms with Gasteiger partial charge < -0.3 is 4.74 Å². The Labute approximate surface area is 94.4 Å². The first-order valence-corrected chi connectivity index (χ1v) is 4.96. The largest absolute Gasteiger partial charge is 0.504 e. The van der Waals surface area contributed by atoms with Crippen LogP contribution in [0.5, 0.6) is 0 Å². The Morgan fingerprint density at radius 3 is 2.56 bits per heavy atom. The highest BCUT2D eigenvalue weighted by atomic mass is 16.5. The van der Waals surface area contributed by atoms with E-state index in [-0.39, 0.29) is 0 Å². The van der Waals surface area contributed by atoms with Crippen LogP contribution in [0, 0.1) is 0 Å². The lowest BCUT2D eigenvalue weighted by atomic mass is 10.1. The molecule has 1 aromatic heterocycles. The number of methoxy groups -OCH3 is 1. The SMILES string of the molecule is CO/C=C/c1ccc(-c2cnccn2)cc1. The van der Waals surface area contributed by atoms with Crippen LogP contribution in [0.1, 0.15) is 5.56 Å². The Balaban J connectivity index is 2.23. The van der Waals surface area contributed by atoms with E-state index in [9.17, 15) is 0 Å². The van der Waals surface area contributed by atoms with Gasteiger partial charge in [0.2, 0.25) is 0 Å². The van der Waals surface area contributed by atoms with Gasteiger partial charge in [-0.3, -0.25) is 9.97 Å². The fraction of sp³-hybridized carbons (Fsp3) is 0.0769. The van der Waals surface area contributed by atoms with Crippen molar-refractivity contribution >= 4 is 6.08 Å². The van der Waals surface area contributed by atoms with Crippen molar-refractivity contribution < 1.29 is 4.74 Å². The Morgan fingerprint density at radius 2 is 1.94 bits per heavy atom. The summed E-state index contributed by atoms with van der Waals surface area (Å²) >= 11 is 0. The first-order chi connectivity index (χ1) is 7.90. The van der Waals surface area contributed by atoms with E-state index < -0.39 is 0 Å². The van der Waals surface area contributed by atoms with Gasteiger partial charge in [0.05, 0.1) is 25.3 Å². The van der Waals surface area contributed by atoms with Crippen molar-refractivity contribution in [3.8, 4) is 11.3 Å². The number of benzene rings is 1. The average molecular weight is 212 g/mol. The lowest BCUT2D eigenvalue weighted by Crippen LogP contribution is -1.84. The standard InChI is InChI=1S/C13H12N2O/c1-16-9-6-11-2-4-12(5-3-11)13-10-14-7-8-15-13/h2-10H,1H3/b9-6+. The first-order valence-electron chi connectivity index (χ1n) is 4.96. The van der Waals surface area contributed by atoms with E-state index in [2.05, 4.69) is 9.97 Å². The quantitative estimate of drug-likeness (QED) is 0.734. The second-order valence-corrected chi connectivity index (χ2v) is 3.25. The molecule has 0 amide bonds. The molecule has 0 atom stereocenters. The molecule has 1 aromatic carbocycles. The van der Waals surface area contributed by atoms with Crippen LogP contribution in [0.15, 0.2) is 49.1 Å². The maximum Gasteiger partial charge on any atom is 0.0885 e. The van der Waals surface area contributed by atoms with Crippen molar-refractivity contribution in [2.45, 2.75) is 0 Å². The smallest absolute Gasteiger partial charge is 0.0885 e. The van der Waals surface area contributed by atoms with Crippen molar-refractivity contribution in [3.63, 3.8) is 0 Å². The molecule has 0 unspecified atom stereocenters. The third kappa shape index (κ3) is 2.45. The highest BCUT2D eigenvalue weighted by Crippen LogP contribution is 2.16. The Kier molecular flexibility index (Phi) is 3.28. The molecule has 2 rings (SSSR count). The monoisotopic (exact) mass is 212 g/mol. The molecule has 0 bridgehead atoms. The van der Waals surface area contributed by atoms with E-state index in [1.165, 1.54) is 0 Å². The van der Waals surface area contributed by atoms with Gasteiger partial charge in [-0.05, 0) is 11.6 Å². The van der Waals surface area contributed by atoms with Gasteiger partial charge in [-0.1, -0.05) is 24.3 Å². The fourth-order valence-corrected chi connectivity index (χ4v) is 1.36. The zero-order valence-electron chi connectivity index (χ0n) is 9.00. The zero-order chi connectivity index (χ0) is 11.2. The molecule has 0 aliphatic rings. The average Bonchev–Trinajstić information content (AvgIpc) is 2.38. The number of ether oxygens (including phenoxy) is 1. The van der Waals surface area contributed by atoms with Gasteiger partial charge in [0, 0.05) is 18.0 Å². The molecule has 0 spiro atoms. The van der Waals surface area contributed by atoms with Crippen LogP contribution in [0.4, 0.5) is 0 Å². The Bertz CT molecular complexity index is 463. The molecule has 0 saturated heterocycles. The van der Waals surface area contributed by atoms with Crippen LogP contribution in [0.25, 0.3) is 17.3 Å². The first kappa shape index (κ1) is 10.4. The van der Waals surface area contributed by atoms with E-state index in [0.29, 0.717) is 0 Å². The minimum atomic E-state index is 0.879. The Morgan fingerprint density at radius 1 is 1.12 bits per heavy atom. The summed E-state index contributed by atoms with van der Waals surface area (Å²) in [6, 6.07) is 8.05. The van der Waals surface area contributed by atoms with Crippen LogP contribution in [0.2, 0.25) is 0 Å². The van der Waals surface area contributed by atoms with Crippen molar-refractivity contribution in [1.29, 1.82) is 0 Å². The minimum absolute atomic E-state index is 0.879. The normalized spacial score (nSPS) is 10.6. The summed E-state index contributed by atoms with van der Waals surface area (Å²) < 4.78 is 4.86. The molecule has 0 saturated carbocycles. The summed E-state index contributed by atoms with van der Waals surface area (Å²) in [6.45, 7) is 0. The zero-order valence-corrected chi connectivity index (χ0v) is 9.00. The van der Waals surface area contributed by atoms with E-state index >= 15 is 0 Å². The summed E-state index contributed by atoms with van der Waals surface area (Å²) in [4.78, 5) is 8.27. The predicted molar refractivity (Wildman–Crippen MR) is 63.5 cm³/mol. The highest BCUT2D eigenvalue weighted by molar-refractivity contribution is 5.61. The molecule has 3 nitrogen and oxygen atoms in total. The lowest BCUT2D eigenvalue weighted by molar-refractivity contribution is 0.341. The van der Waals surface area contributed by atoms with E-state index in [4.69, 9.17) is 4.74 Å². The van der Waals surface area contributed by atoms with Gasteiger partial charge in [0.25, 0.3) is 0 Å². The van der Waals surface area contributed by atoms with Crippen LogP contribution >= 0.6 is 0 Å². The van der Waals surface area contributed by atoms with Gasteiger partial charge in [0.15, 0.2) is 0 Å². The molecule has 0 aliphatic carbocycles. The maximum atomic E-state index is 4.86. The number of nitrogens with zero attached hydrogens (tertiary/aromatic N) is 2. The van der Waals surface area contributed by atoms with Crippen LogP contribution in [-0.2, 0) is 4.74 Å². The molecule has 2 aromatic rings. The van der Waals surface area contributed by atoms with Gasteiger partial charge in [-0.15, -0.1) is 0 Å². The van der Waals surface area contributed by atoms with Gasteiger partial charge in [-0.2, -0.15) is 0 Å². The predicted octanol–water partition coefficient (Wildman–Crippen LogP) is 2.76. The van der Waals surface area contributed by atoms with Crippen molar-refractivity contribution in [1.82, 2.24) is 9.97 Å². The molecule has 1 heterocycles. The second kappa shape index (κ2) is 5.07. The third-order valence-corrected chi connectivity index (χ3v) is 2.17. The summed E-state index contributed by atoms with van der Waals surface area (Å²) in [5.74, 6) is 0. The molecule has 0 radical (unpaired) electrons. The molecule has 80 valence electrons. The van der Waals surface area contributed by atoms with E-state index in [0.717, 1.165) is 16.8 Å². The van der Waals surface area contributed by atoms with Gasteiger partial charge in [0.1, 0.15) is 0 Å². The van der Waals surface area contributed by atoms with E-state index in [1.54, 1.807) is 32.0 Å². The minimum Gasteiger partial charge on any atom is -0.504 e. The number of hydrogen-bond donors (Lipinski definition) is 0. The second-order valence-electron chi connectivity index (χ2n) is 3.25. The molecule has 0 fully saturated rings. The summed E-state index contributed by atoms with van der Waals surface area (Å²) in [6.07, 6.45) is 8.66. The number of aromatic nitrogens is 2. The number of rotatable bonds is 3. The van der Waals surface area contributed by atoms with E-state index in [1.807, 2.05) is 30.3 Å². The third-order valence-electron chi connectivity index (χ3n) is 2.17. The van der Waals surface area contributed by atoms with Crippen molar-refractivity contribution in [2.75, 3.05) is 7.11 Å². The van der Waals surface area contributed by atoms with Gasteiger partial charge in [-0.25, -0.2) is 0 Å². The van der Waals surface area contributed by atoms with Crippen LogP contribution < -0.4 is 0 Å². The summed E-state index contributed by atoms with van der Waals surface area (Å²) in [5, 5.41) is 0.